The van der Waals surface area contributed by atoms with Crippen LogP contribution in [-0.2, 0) is 14.3 Å². The molecule has 0 spiro atoms. The van der Waals surface area contributed by atoms with Gasteiger partial charge in [0, 0.05) is 0 Å². The van der Waals surface area contributed by atoms with Gasteiger partial charge in [-0.1, -0.05) is 30.3 Å². The predicted molar refractivity (Wildman–Crippen MR) is 71.0 cm³/mol. The van der Waals surface area contributed by atoms with E-state index in [-0.39, 0.29) is 24.0 Å². The molecule has 3 rings (SSSR count). The number of carbonyl (C=O) groups excluding carboxylic acids is 1. The summed E-state index contributed by atoms with van der Waals surface area (Å²) < 4.78 is 5.65. The molecule has 4 atom stereocenters. The van der Waals surface area contributed by atoms with Crippen LogP contribution in [0.3, 0.4) is 0 Å². The summed E-state index contributed by atoms with van der Waals surface area (Å²) in [5.74, 6) is -1.47. The molecular weight excluding hydrogens is 258 g/mol. The number of carboxylic acids is 1. The van der Waals surface area contributed by atoms with Crippen molar-refractivity contribution in [1.29, 1.82) is 0 Å². The van der Waals surface area contributed by atoms with E-state index in [4.69, 9.17) is 4.74 Å². The number of rotatable bonds is 4. The summed E-state index contributed by atoms with van der Waals surface area (Å²) in [7, 11) is 0. The van der Waals surface area contributed by atoms with Crippen molar-refractivity contribution in [3.8, 4) is 0 Å². The molecule has 3 unspecified atom stereocenters. The Morgan fingerprint density at radius 1 is 1.25 bits per heavy atom. The van der Waals surface area contributed by atoms with E-state index >= 15 is 0 Å². The smallest absolute Gasteiger partial charge is 0.330 e. The molecule has 0 aliphatic carbocycles. The Morgan fingerprint density at radius 3 is 2.55 bits per heavy atom. The van der Waals surface area contributed by atoms with Crippen LogP contribution in [0, 0.1) is 5.92 Å². The molecule has 2 fully saturated rings. The summed E-state index contributed by atoms with van der Waals surface area (Å²) in [4.78, 5) is 23.6. The third-order valence-electron chi connectivity index (χ3n) is 4.11. The third kappa shape index (κ3) is 2.41. The van der Waals surface area contributed by atoms with Gasteiger partial charge in [0.2, 0.25) is 5.91 Å². The number of fused-ring (bicyclic) bond motifs is 2. The first-order chi connectivity index (χ1) is 9.65. The number of carboxylic acid groups (broad SMARTS) is 1. The topological polar surface area (TPSA) is 75.6 Å². The summed E-state index contributed by atoms with van der Waals surface area (Å²) in [6, 6.07) is 7.75. The molecular formula is C15H17NO4. The SMILES string of the molecule is O=C(N[C@@H](C(=O)O)c1ccccc1)C1CC2CCC1O2. The number of carbonyl (C=O) groups is 2. The van der Waals surface area contributed by atoms with Crippen LogP contribution in [0.4, 0.5) is 0 Å². The van der Waals surface area contributed by atoms with Crippen molar-refractivity contribution in [2.45, 2.75) is 37.5 Å². The molecule has 5 heteroatoms. The van der Waals surface area contributed by atoms with Crippen LogP contribution < -0.4 is 5.32 Å². The first-order valence-corrected chi connectivity index (χ1v) is 6.88. The Kier molecular flexibility index (Phi) is 3.44. The number of amides is 1. The van der Waals surface area contributed by atoms with Crippen molar-refractivity contribution in [2.75, 3.05) is 0 Å². The highest BCUT2D eigenvalue weighted by atomic mass is 16.5. The summed E-state index contributed by atoms with van der Waals surface area (Å²) >= 11 is 0. The van der Waals surface area contributed by atoms with Crippen LogP contribution in [0.2, 0.25) is 0 Å². The van der Waals surface area contributed by atoms with Crippen LogP contribution >= 0.6 is 0 Å². The first kappa shape index (κ1) is 13.1. The van der Waals surface area contributed by atoms with Crippen LogP contribution in [0.1, 0.15) is 30.9 Å². The van der Waals surface area contributed by atoms with Gasteiger partial charge in [-0.25, -0.2) is 4.79 Å². The third-order valence-corrected chi connectivity index (χ3v) is 4.11. The zero-order valence-corrected chi connectivity index (χ0v) is 11.0. The molecule has 1 aromatic rings. The molecule has 2 aliphatic heterocycles. The van der Waals surface area contributed by atoms with E-state index in [0.717, 1.165) is 12.8 Å². The van der Waals surface area contributed by atoms with E-state index < -0.39 is 12.0 Å². The number of hydrogen-bond donors (Lipinski definition) is 2. The second-order valence-electron chi connectivity index (χ2n) is 5.41. The molecule has 2 bridgehead atoms. The molecule has 2 saturated heterocycles. The van der Waals surface area contributed by atoms with Gasteiger partial charge in [0.1, 0.15) is 0 Å². The van der Waals surface area contributed by atoms with Gasteiger partial charge in [-0.05, 0) is 24.8 Å². The fourth-order valence-electron chi connectivity index (χ4n) is 3.10. The number of hydrogen-bond acceptors (Lipinski definition) is 3. The average molecular weight is 275 g/mol. The van der Waals surface area contributed by atoms with Crippen LogP contribution in [0.15, 0.2) is 30.3 Å². The molecule has 2 heterocycles. The predicted octanol–water partition coefficient (Wildman–Crippen LogP) is 1.50. The molecule has 0 saturated carbocycles. The number of aliphatic carboxylic acids is 1. The van der Waals surface area contributed by atoms with E-state index in [9.17, 15) is 14.7 Å². The Morgan fingerprint density at radius 2 is 2.00 bits per heavy atom. The fourth-order valence-corrected chi connectivity index (χ4v) is 3.10. The Hall–Kier alpha value is -1.88. The molecule has 2 N–H and O–H groups in total. The summed E-state index contributed by atoms with van der Waals surface area (Å²) in [5, 5.41) is 11.9. The zero-order valence-electron chi connectivity index (χ0n) is 11.0. The van der Waals surface area contributed by atoms with Gasteiger partial charge in [-0.2, -0.15) is 0 Å². The van der Waals surface area contributed by atoms with Crippen LogP contribution in [0.5, 0.6) is 0 Å². The molecule has 0 radical (unpaired) electrons. The highest BCUT2D eigenvalue weighted by molar-refractivity contribution is 5.86. The molecule has 5 nitrogen and oxygen atoms in total. The monoisotopic (exact) mass is 275 g/mol. The molecule has 20 heavy (non-hydrogen) atoms. The van der Waals surface area contributed by atoms with Crippen molar-refractivity contribution >= 4 is 11.9 Å². The van der Waals surface area contributed by atoms with Crippen molar-refractivity contribution in [3.05, 3.63) is 35.9 Å². The van der Waals surface area contributed by atoms with Crippen LogP contribution in [-0.4, -0.2) is 29.2 Å². The first-order valence-electron chi connectivity index (χ1n) is 6.88. The Labute approximate surface area is 116 Å². The number of ether oxygens (including phenoxy) is 1. The van der Waals surface area contributed by atoms with E-state index in [1.54, 1.807) is 24.3 Å². The molecule has 1 amide bonds. The van der Waals surface area contributed by atoms with Gasteiger partial charge in [-0.15, -0.1) is 0 Å². The van der Waals surface area contributed by atoms with Gasteiger partial charge in [0.05, 0.1) is 18.1 Å². The van der Waals surface area contributed by atoms with E-state index in [0.29, 0.717) is 12.0 Å². The normalized spacial score (nSPS) is 29.1. The van der Waals surface area contributed by atoms with Gasteiger partial charge in [-0.3, -0.25) is 4.79 Å². The molecule has 1 aromatic carbocycles. The quantitative estimate of drug-likeness (QED) is 0.873. The standard InChI is InChI=1S/C15H17NO4/c17-14(11-8-10-6-7-12(11)20-10)16-13(15(18)19)9-4-2-1-3-5-9/h1-5,10-13H,6-8H2,(H,16,17)(H,18,19)/t10?,11?,12?,13-/m1/s1. The van der Waals surface area contributed by atoms with Gasteiger partial charge in [0.15, 0.2) is 6.04 Å². The Balaban J connectivity index is 1.71. The average Bonchev–Trinajstić information content (AvgIpc) is 3.07. The number of nitrogens with one attached hydrogen (secondary N) is 1. The lowest BCUT2D eigenvalue weighted by molar-refractivity contribution is -0.143. The highest BCUT2D eigenvalue weighted by Gasteiger charge is 2.45. The van der Waals surface area contributed by atoms with E-state index in [2.05, 4.69) is 5.32 Å². The van der Waals surface area contributed by atoms with Crippen molar-refractivity contribution < 1.29 is 19.4 Å². The van der Waals surface area contributed by atoms with E-state index in [1.165, 1.54) is 0 Å². The maximum Gasteiger partial charge on any atom is 0.330 e. The lowest BCUT2D eigenvalue weighted by Gasteiger charge is -2.21. The number of benzene rings is 1. The van der Waals surface area contributed by atoms with Crippen LogP contribution in [0.25, 0.3) is 0 Å². The molecule has 2 aliphatic rings. The minimum absolute atomic E-state index is 0.0368. The van der Waals surface area contributed by atoms with Gasteiger partial charge in [0.25, 0.3) is 0 Å². The fraction of sp³-hybridized carbons (Fsp3) is 0.467. The minimum atomic E-state index is -1.05. The van der Waals surface area contributed by atoms with Crippen molar-refractivity contribution in [2.24, 2.45) is 5.92 Å². The lowest BCUT2D eigenvalue weighted by Crippen LogP contribution is -2.40. The molecule has 0 aromatic heterocycles. The summed E-state index contributed by atoms with van der Waals surface area (Å²) in [6.07, 6.45) is 2.75. The minimum Gasteiger partial charge on any atom is -0.479 e. The maximum atomic E-state index is 12.3. The van der Waals surface area contributed by atoms with E-state index in [1.807, 2.05) is 6.07 Å². The Bertz CT molecular complexity index is 516. The largest absolute Gasteiger partial charge is 0.479 e. The zero-order chi connectivity index (χ0) is 14.1. The second-order valence-corrected chi connectivity index (χ2v) is 5.41. The van der Waals surface area contributed by atoms with Crippen molar-refractivity contribution in [1.82, 2.24) is 5.32 Å². The second kappa shape index (κ2) is 5.25. The summed E-state index contributed by atoms with van der Waals surface area (Å²) in [5.41, 5.74) is 0.581. The van der Waals surface area contributed by atoms with Gasteiger partial charge < -0.3 is 15.2 Å². The maximum absolute atomic E-state index is 12.3. The molecule has 106 valence electrons. The van der Waals surface area contributed by atoms with Crippen molar-refractivity contribution in [3.63, 3.8) is 0 Å². The highest BCUT2D eigenvalue weighted by Crippen LogP contribution is 2.39. The lowest BCUT2D eigenvalue weighted by atomic mass is 9.88. The van der Waals surface area contributed by atoms with Gasteiger partial charge >= 0.3 is 5.97 Å². The summed E-state index contributed by atoms with van der Waals surface area (Å²) in [6.45, 7) is 0.